The molecule has 3 rings (SSSR count). The second-order valence-electron chi connectivity index (χ2n) is 7.43. The molecular weight excluding hydrogens is 442 g/mol. The first-order valence-electron chi connectivity index (χ1n) is 9.51. The van der Waals surface area contributed by atoms with Gasteiger partial charge in [-0.3, -0.25) is 10.0 Å². The molecule has 1 saturated carbocycles. The number of nitrogens with zero attached hydrogens (tertiary/aromatic N) is 2. The number of hydrogen-bond acceptors (Lipinski definition) is 5. The van der Waals surface area contributed by atoms with E-state index in [0.717, 1.165) is 31.5 Å². The molecule has 164 valence electrons. The highest BCUT2D eigenvalue weighted by Crippen LogP contribution is 2.27. The summed E-state index contributed by atoms with van der Waals surface area (Å²) in [6.45, 7) is 3.23. The average molecular weight is 470 g/mol. The average Bonchev–Trinajstić information content (AvgIpc) is 3.11. The Kier molecular flexibility index (Phi) is 11.2. The van der Waals surface area contributed by atoms with E-state index in [1.54, 1.807) is 0 Å². The van der Waals surface area contributed by atoms with E-state index in [1.807, 2.05) is 0 Å². The van der Waals surface area contributed by atoms with Crippen molar-refractivity contribution in [2.45, 2.75) is 44.6 Å². The first-order valence-corrected chi connectivity index (χ1v) is 9.89. The fourth-order valence-electron chi connectivity index (χ4n) is 3.95. The summed E-state index contributed by atoms with van der Waals surface area (Å²) in [6, 6.07) is 1.83. The van der Waals surface area contributed by atoms with E-state index in [1.165, 1.54) is 56.4 Å². The molecule has 1 aliphatic heterocycles. The molecule has 2 fully saturated rings. The number of hydrogen-bond donors (Lipinski definition) is 3. The number of halogens is 4. The summed E-state index contributed by atoms with van der Waals surface area (Å²) in [5.41, 5.74) is 1.58. The van der Waals surface area contributed by atoms with Gasteiger partial charge >= 0.3 is 5.91 Å². The van der Waals surface area contributed by atoms with Crippen LogP contribution in [-0.2, 0) is 4.79 Å². The van der Waals surface area contributed by atoms with Gasteiger partial charge in [-0.2, -0.15) is 0 Å². The Bertz CT molecular complexity index is 702. The van der Waals surface area contributed by atoms with Crippen molar-refractivity contribution < 1.29 is 14.4 Å². The third-order valence-corrected chi connectivity index (χ3v) is 5.62. The van der Waals surface area contributed by atoms with E-state index < -0.39 is 11.7 Å². The minimum Gasteiger partial charge on any atom is -0.365 e. The van der Waals surface area contributed by atoms with Gasteiger partial charge in [0.1, 0.15) is 5.82 Å². The number of rotatable bonds is 6. The minimum atomic E-state index is -1.21. The van der Waals surface area contributed by atoms with Gasteiger partial charge in [-0.15, -0.1) is 24.8 Å². The molecule has 0 bridgehead atoms. The Hall–Kier alpha value is -1.12. The highest BCUT2D eigenvalue weighted by molar-refractivity contribution is 6.33. The van der Waals surface area contributed by atoms with Crippen molar-refractivity contribution in [1.82, 2.24) is 15.4 Å². The fraction of sp³-hybridized carbons (Fsp3) is 0.579. The number of hydroxylamine groups is 1. The number of nitrogens with one attached hydrogen (secondary N) is 2. The van der Waals surface area contributed by atoms with E-state index >= 15 is 0 Å². The van der Waals surface area contributed by atoms with Crippen molar-refractivity contribution in [3.05, 3.63) is 28.7 Å². The van der Waals surface area contributed by atoms with Crippen LogP contribution in [0.4, 0.5) is 10.2 Å². The molecule has 29 heavy (non-hydrogen) atoms. The molecule has 3 N–H and O–H groups in total. The fourth-order valence-corrected chi connectivity index (χ4v) is 4.18. The van der Waals surface area contributed by atoms with E-state index in [9.17, 15) is 9.18 Å². The number of carbonyl (C=O) groups is 1. The number of amides is 1. The SMILES string of the molecule is Cl.Cl.O=C(NO)C(F)=Cc1cnc(N[C@@H]2CCN(CC3CCCCC3)C2)c(Cl)c1. The van der Waals surface area contributed by atoms with Crippen molar-refractivity contribution in [3.8, 4) is 0 Å². The van der Waals surface area contributed by atoms with Crippen molar-refractivity contribution >= 4 is 54.2 Å². The highest BCUT2D eigenvalue weighted by Gasteiger charge is 2.26. The van der Waals surface area contributed by atoms with Gasteiger partial charge in [-0.05, 0) is 42.9 Å². The lowest BCUT2D eigenvalue weighted by atomic mass is 9.89. The van der Waals surface area contributed by atoms with Crippen molar-refractivity contribution in [2.75, 3.05) is 25.0 Å². The summed E-state index contributed by atoms with van der Waals surface area (Å²) in [7, 11) is 0. The summed E-state index contributed by atoms with van der Waals surface area (Å²) in [5, 5.41) is 12.2. The molecule has 1 saturated heterocycles. The molecule has 2 aliphatic rings. The molecular formula is C19H28Cl3FN4O2. The number of carbonyl (C=O) groups excluding carboxylic acids is 1. The van der Waals surface area contributed by atoms with Gasteiger partial charge in [-0.25, -0.2) is 14.9 Å². The summed E-state index contributed by atoms with van der Waals surface area (Å²) in [4.78, 5) is 17.8. The van der Waals surface area contributed by atoms with Crippen LogP contribution in [-0.4, -0.2) is 46.7 Å². The van der Waals surface area contributed by atoms with Gasteiger partial charge in [0, 0.05) is 31.9 Å². The second kappa shape index (κ2) is 12.5. The molecule has 1 amide bonds. The summed E-state index contributed by atoms with van der Waals surface area (Å²) >= 11 is 6.26. The van der Waals surface area contributed by atoms with Crippen LogP contribution in [0.15, 0.2) is 18.1 Å². The first-order chi connectivity index (χ1) is 13.0. The summed E-state index contributed by atoms with van der Waals surface area (Å²) < 4.78 is 13.5. The van der Waals surface area contributed by atoms with Crippen LogP contribution in [0, 0.1) is 5.92 Å². The summed E-state index contributed by atoms with van der Waals surface area (Å²) in [6.07, 6.45) is 10.2. The predicted molar refractivity (Wildman–Crippen MR) is 118 cm³/mol. The number of anilines is 1. The Balaban J connectivity index is 0.00000210. The van der Waals surface area contributed by atoms with E-state index in [-0.39, 0.29) is 30.9 Å². The zero-order valence-electron chi connectivity index (χ0n) is 16.1. The molecule has 1 atom stereocenters. The predicted octanol–water partition coefficient (Wildman–Crippen LogP) is 4.46. The van der Waals surface area contributed by atoms with Crippen LogP contribution in [0.3, 0.4) is 0 Å². The molecule has 0 spiro atoms. The van der Waals surface area contributed by atoms with Crippen LogP contribution < -0.4 is 10.8 Å². The van der Waals surface area contributed by atoms with Crippen molar-refractivity contribution in [2.24, 2.45) is 5.92 Å². The van der Waals surface area contributed by atoms with Gasteiger partial charge in [0.25, 0.3) is 0 Å². The molecule has 6 nitrogen and oxygen atoms in total. The van der Waals surface area contributed by atoms with Crippen molar-refractivity contribution in [1.29, 1.82) is 0 Å². The standard InChI is InChI=1S/C19H26ClFN4O2.2ClH/c20-16-8-14(9-17(21)19(26)24-27)10-22-18(16)23-15-6-7-25(12-15)11-13-4-2-1-3-5-13;;/h8-10,13,15,27H,1-7,11-12H2,(H,22,23)(H,24,26);2*1H/t15-;;/m1../s1. The Morgan fingerprint density at radius 1 is 1.31 bits per heavy atom. The lowest BCUT2D eigenvalue weighted by Crippen LogP contribution is -2.31. The number of aromatic nitrogens is 1. The maximum Gasteiger partial charge on any atom is 0.303 e. The van der Waals surface area contributed by atoms with Crippen molar-refractivity contribution in [3.63, 3.8) is 0 Å². The van der Waals surface area contributed by atoms with Gasteiger partial charge in [-0.1, -0.05) is 30.9 Å². The lowest BCUT2D eigenvalue weighted by molar-refractivity contribution is -0.126. The summed E-state index contributed by atoms with van der Waals surface area (Å²) in [5.74, 6) is -0.941. The molecule has 0 unspecified atom stereocenters. The van der Waals surface area contributed by atoms with Crippen LogP contribution in [0.5, 0.6) is 0 Å². The van der Waals surface area contributed by atoms with Crippen LogP contribution in [0.1, 0.15) is 44.1 Å². The maximum absolute atomic E-state index is 13.5. The van der Waals surface area contributed by atoms with Crippen LogP contribution in [0.2, 0.25) is 5.02 Å². The molecule has 1 aromatic heterocycles. The van der Waals surface area contributed by atoms with Gasteiger partial charge in [0.05, 0.1) is 5.02 Å². The van der Waals surface area contributed by atoms with E-state index in [2.05, 4.69) is 15.2 Å². The molecule has 0 radical (unpaired) electrons. The normalized spacial score (nSPS) is 20.5. The molecule has 1 aromatic rings. The van der Waals surface area contributed by atoms with Gasteiger partial charge < -0.3 is 10.2 Å². The smallest absolute Gasteiger partial charge is 0.303 e. The topological polar surface area (TPSA) is 77.5 Å². The maximum atomic E-state index is 13.5. The lowest BCUT2D eigenvalue weighted by Gasteiger charge is -2.26. The van der Waals surface area contributed by atoms with Crippen LogP contribution >= 0.6 is 36.4 Å². The Labute approximate surface area is 188 Å². The van der Waals surface area contributed by atoms with Crippen LogP contribution in [0.25, 0.3) is 6.08 Å². The first kappa shape index (κ1) is 25.9. The van der Waals surface area contributed by atoms with Gasteiger partial charge in [0.2, 0.25) is 0 Å². The Morgan fingerprint density at radius 2 is 2.03 bits per heavy atom. The zero-order chi connectivity index (χ0) is 19.2. The van der Waals surface area contributed by atoms with E-state index in [0.29, 0.717) is 16.4 Å². The molecule has 0 aromatic carbocycles. The molecule has 10 heteroatoms. The molecule has 2 heterocycles. The van der Waals surface area contributed by atoms with E-state index in [4.69, 9.17) is 16.8 Å². The highest BCUT2D eigenvalue weighted by atomic mass is 35.5. The quantitative estimate of drug-likeness (QED) is 0.326. The molecule has 1 aliphatic carbocycles. The third kappa shape index (κ3) is 7.57. The third-order valence-electron chi connectivity index (χ3n) is 5.33. The minimum absolute atomic E-state index is 0. The monoisotopic (exact) mass is 468 g/mol. The number of likely N-dealkylation sites (tertiary alicyclic amines) is 1. The zero-order valence-corrected chi connectivity index (χ0v) is 18.5. The second-order valence-corrected chi connectivity index (χ2v) is 7.83. The number of pyridine rings is 1. The Morgan fingerprint density at radius 3 is 2.69 bits per heavy atom. The largest absolute Gasteiger partial charge is 0.365 e. The van der Waals surface area contributed by atoms with Gasteiger partial charge in [0.15, 0.2) is 5.83 Å².